The van der Waals surface area contributed by atoms with Crippen molar-refractivity contribution in [1.82, 2.24) is 0 Å². The van der Waals surface area contributed by atoms with Crippen LogP contribution in [0.1, 0.15) is 63.1 Å². The summed E-state index contributed by atoms with van der Waals surface area (Å²) in [6.45, 7) is 4.69. The number of hydrogen-bond acceptors (Lipinski definition) is 5. The van der Waals surface area contributed by atoms with E-state index >= 15 is 0 Å². The Labute approximate surface area is 260 Å². The first-order chi connectivity index (χ1) is 21.4. The van der Waals surface area contributed by atoms with Gasteiger partial charge in [0.2, 0.25) is 11.8 Å². The van der Waals surface area contributed by atoms with Crippen LogP contribution in [0, 0.1) is 29.5 Å². The van der Waals surface area contributed by atoms with E-state index in [0.29, 0.717) is 46.6 Å². The maximum Gasteiger partial charge on any atom is 0.416 e. The van der Waals surface area contributed by atoms with Crippen molar-refractivity contribution >= 4 is 23.6 Å². The molecule has 0 radical (unpaired) electrons. The molecule has 0 aromatic heterocycles. The van der Waals surface area contributed by atoms with Gasteiger partial charge >= 0.3 is 12.4 Å². The summed E-state index contributed by atoms with van der Waals surface area (Å²) in [5, 5.41) is 31.4. The Morgan fingerprint density at radius 3 is 2.11 bits per heavy atom. The Hall–Kier alpha value is -3.71. The Balaban J connectivity index is 1.68. The Morgan fingerprint density at radius 2 is 1.61 bits per heavy atom. The largest absolute Gasteiger partial charge is 0.505 e. The van der Waals surface area contributed by atoms with Gasteiger partial charge in [0.25, 0.3) is 0 Å². The molecule has 3 N–H and O–H groups in total. The number of carbonyl (C=O) groups is 2. The van der Waals surface area contributed by atoms with Crippen molar-refractivity contribution in [3.8, 4) is 5.75 Å². The lowest BCUT2D eigenvalue weighted by molar-refractivity contribution is -0.143. The molecule has 2 aliphatic rings. The molecule has 0 bridgehead atoms. The van der Waals surface area contributed by atoms with Crippen molar-refractivity contribution in [2.24, 2.45) is 23.7 Å². The van der Waals surface area contributed by atoms with Gasteiger partial charge in [-0.15, -0.1) is 0 Å². The van der Waals surface area contributed by atoms with Crippen LogP contribution in [0.5, 0.6) is 5.75 Å². The SMILES string of the molecule is CC/C(=C\c1ccc(O)c(F)c1)CC[C@@H](O)C1=C(C(C)C)C[C@H]2C(=O)N(c3cc(C(F)(F)F)cc(C(F)(F)F)c3)C(=O)[C@H]2[C@H]1CO. The molecule has 0 spiro atoms. The van der Waals surface area contributed by atoms with E-state index in [0.717, 1.165) is 11.6 Å². The minimum absolute atomic E-state index is 0.0827. The molecule has 1 saturated heterocycles. The van der Waals surface area contributed by atoms with E-state index in [9.17, 15) is 55.6 Å². The molecule has 46 heavy (non-hydrogen) atoms. The molecule has 1 fully saturated rings. The standard InChI is InChI=1S/C33H34F7NO5/c1-4-17(9-18-6-7-26(43)25(34)10-18)5-8-27(44)28-22(16(2)3)14-23-29(24(28)15-42)31(46)41(30(23)45)21-12-19(32(35,36)37)11-20(13-21)33(38,39)40/h6-7,9-13,16,23-24,27,29,42-44H,4-5,8,14-15H2,1-3H3/b17-9+/t23-,24+,27-,29-/m1/s1. The highest BCUT2D eigenvalue weighted by molar-refractivity contribution is 6.22. The summed E-state index contributed by atoms with van der Waals surface area (Å²) in [5.41, 5.74) is -2.06. The molecule has 1 aliphatic heterocycles. The van der Waals surface area contributed by atoms with Crippen molar-refractivity contribution in [3.63, 3.8) is 0 Å². The van der Waals surface area contributed by atoms with Crippen LogP contribution in [0.4, 0.5) is 36.4 Å². The third-order valence-corrected chi connectivity index (χ3v) is 8.74. The molecule has 0 saturated carbocycles. The molecule has 4 rings (SSSR count). The lowest BCUT2D eigenvalue weighted by Crippen LogP contribution is -2.40. The van der Waals surface area contributed by atoms with Crippen LogP contribution >= 0.6 is 0 Å². The third kappa shape index (κ3) is 7.00. The minimum Gasteiger partial charge on any atom is -0.505 e. The average molecular weight is 658 g/mol. The minimum atomic E-state index is -5.20. The van der Waals surface area contributed by atoms with Gasteiger partial charge in [-0.05, 0) is 73.1 Å². The predicted octanol–water partition coefficient (Wildman–Crippen LogP) is 7.27. The fourth-order valence-electron chi connectivity index (χ4n) is 6.44. The van der Waals surface area contributed by atoms with Crippen LogP contribution in [-0.4, -0.2) is 39.8 Å². The molecule has 2 aromatic carbocycles. The molecule has 4 atom stereocenters. The van der Waals surface area contributed by atoms with Gasteiger partial charge in [-0.2, -0.15) is 26.3 Å². The summed E-state index contributed by atoms with van der Waals surface area (Å²) in [6, 6.07) is 4.43. The van der Waals surface area contributed by atoms with Gasteiger partial charge < -0.3 is 15.3 Å². The molecule has 1 aliphatic carbocycles. The number of fused-ring (bicyclic) bond motifs is 1. The number of anilines is 1. The number of imide groups is 1. The number of nitrogens with zero attached hydrogens (tertiary/aromatic N) is 1. The fourth-order valence-corrected chi connectivity index (χ4v) is 6.44. The quantitative estimate of drug-likeness (QED) is 0.150. The van der Waals surface area contributed by atoms with Gasteiger partial charge in [-0.25, -0.2) is 9.29 Å². The Kier molecular flexibility index (Phi) is 10.1. The normalized spacial score (nSPS) is 21.8. The summed E-state index contributed by atoms with van der Waals surface area (Å²) < 4.78 is 95.2. The molecular weight excluding hydrogens is 623 g/mol. The first-order valence-electron chi connectivity index (χ1n) is 14.8. The smallest absolute Gasteiger partial charge is 0.416 e. The van der Waals surface area contributed by atoms with Crippen LogP contribution in [0.3, 0.4) is 0 Å². The average Bonchev–Trinajstić information content (AvgIpc) is 3.23. The molecule has 2 amide bonds. The number of halogens is 7. The second-order valence-electron chi connectivity index (χ2n) is 12.0. The number of aliphatic hydroxyl groups is 2. The molecule has 0 unspecified atom stereocenters. The van der Waals surface area contributed by atoms with Gasteiger partial charge in [-0.1, -0.05) is 44.1 Å². The van der Waals surface area contributed by atoms with Crippen molar-refractivity contribution < 1.29 is 55.6 Å². The van der Waals surface area contributed by atoms with Crippen LogP contribution in [-0.2, 0) is 21.9 Å². The number of alkyl halides is 6. The van der Waals surface area contributed by atoms with Crippen molar-refractivity contribution in [3.05, 3.63) is 75.6 Å². The third-order valence-electron chi connectivity index (χ3n) is 8.74. The van der Waals surface area contributed by atoms with Gasteiger partial charge in [0, 0.05) is 5.92 Å². The van der Waals surface area contributed by atoms with Crippen molar-refractivity contribution in [1.29, 1.82) is 0 Å². The van der Waals surface area contributed by atoms with E-state index in [1.165, 1.54) is 12.1 Å². The number of rotatable bonds is 9. The van der Waals surface area contributed by atoms with E-state index < -0.39 is 83.0 Å². The zero-order valence-electron chi connectivity index (χ0n) is 25.2. The highest BCUT2D eigenvalue weighted by atomic mass is 19.4. The maximum absolute atomic E-state index is 13.8. The lowest BCUT2D eigenvalue weighted by Gasteiger charge is -2.38. The zero-order chi connectivity index (χ0) is 34.3. The number of allylic oxidation sites excluding steroid dienone is 2. The number of phenolic OH excluding ortho intramolecular Hbond substituents is 1. The van der Waals surface area contributed by atoms with E-state index in [4.69, 9.17) is 0 Å². The molecule has 13 heteroatoms. The summed E-state index contributed by atoms with van der Waals surface area (Å²) >= 11 is 0. The van der Waals surface area contributed by atoms with Crippen molar-refractivity contribution in [2.45, 2.75) is 64.9 Å². The lowest BCUT2D eigenvalue weighted by atomic mass is 9.66. The summed E-state index contributed by atoms with van der Waals surface area (Å²) in [4.78, 5) is 27.6. The number of benzene rings is 2. The second-order valence-corrected chi connectivity index (χ2v) is 12.0. The molecular formula is C33H34F7NO5. The van der Waals surface area contributed by atoms with Gasteiger partial charge in [0.15, 0.2) is 11.6 Å². The summed E-state index contributed by atoms with van der Waals surface area (Å²) in [7, 11) is 0. The van der Waals surface area contributed by atoms with Gasteiger partial charge in [0.05, 0.1) is 41.4 Å². The zero-order valence-corrected chi connectivity index (χ0v) is 25.2. The van der Waals surface area contributed by atoms with Crippen molar-refractivity contribution in [2.75, 3.05) is 11.5 Å². The summed E-state index contributed by atoms with van der Waals surface area (Å²) in [6.07, 6.45) is -9.06. The van der Waals surface area contributed by atoms with E-state index in [1.807, 2.05) is 6.92 Å². The molecule has 2 aromatic rings. The van der Waals surface area contributed by atoms with Gasteiger partial charge in [-0.3, -0.25) is 9.59 Å². The molecule has 1 heterocycles. The van der Waals surface area contributed by atoms with E-state index in [1.54, 1.807) is 19.9 Å². The molecule has 6 nitrogen and oxygen atoms in total. The number of hydrogen-bond donors (Lipinski definition) is 3. The van der Waals surface area contributed by atoms with E-state index in [2.05, 4.69) is 0 Å². The number of aliphatic hydroxyl groups excluding tert-OH is 2. The first kappa shape index (κ1) is 35.1. The monoisotopic (exact) mass is 657 g/mol. The second kappa shape index (κ2) is 13.2. The highest BCUT2D eigenvalue weighted by Crippen LogP contribution is 2.50. The van der Waals surface area contributed by atoms with Crippen LogP contribution in [0.2, 0.25) is 0 Å². The Bertz CT molecular complexity index is 1530. The predicted molar refractivity (Wildman–Crippen MR) is 155 cm³/mol. The number of phenols is 1. The van der Waals surface area contributed by atoms with Gasteiger partial charge in [0.1, 0.15) is 0 Å². The topological polar surface area (TPSA) is 98.1 Å². The maximum atomic E-state index is 13.8. The number of aromatic hydroxyl groups is 1. The van der Waals surface area contributed by atoms with Crippen LogP contribution in [0.15, 0.2) is 53.1 Å². The van der Waals surface area contributed by atoms with Crippen LogP contribution in [0.25, 0.3) is 6.08 Å². The summed E-state index contributed by atoms with van der Waals surface area (Å²) in [5.74, 6) is -7.25. The first-order valence-corrected chi connectivity index (χ1v) is 14.8. The number of amides is 2. The molecule has 250 valence electrons. The number of carbonyl (C=O) groups excluding carboxylic acids is 2. The van der Waals surface area contributed by atoms with Crippen LogP contribution < -0.4 is 4.90 Å². The fraction of sp³-hybridized carbons (Fsp3) is 0.455. The Morgan fingerprint density at radius 1 is 1.00 bits per heavy atom. The van der Waals surface area contributed by atoms with E-state index in [-0.39, 0.29) is 24.8 Å². The highest BCUT2D eigenvalue weighted by Gasteiger charge is 2.56.